The SMILES string of the molecule is O=C(Cc1ccc(C(F)(F)F)cc1)Cc1cccc2oc(=O)[nH]c12. The second-order valence-electron chi connectivity index (χ2n) is 5.39. The molecule has 4 nitrogen and oxygen atoms in total. The Bertz CT molecular complexity index is 936. The fourth-order valence-corrected chi connectivity index (χ4v) is 2.49. The maximum absolute atomic E-state index is 12.5. The largest absolute Gasteiger partial charge is 0.417 e. The van der Waals surface area contributed by atoms with Gasteiger partial charge in [0.1, 0.15) is 5.78 Å². The van der Waals surface area contributed by atoms with Crippen LogP contribution >= 0.6 is 0 Å². The topological polar surface area (TPSA) is 63.1 Å². The van der Waals surface area contributed by atoms with E-state index in [1.165, 1.54) is 12.1 Å². The molecule has 0 fully saturated rings. The first kappa shape index (κ1) is 16.0. The monoisotopic (exact) mass is 335 g/mol. The van der Waals surface area contributed by atoms with E-state index in [1.54, 1.807) is 18.2 Å². The van der Waals surface area contributed by atoms with E-state index in [2.05, 4.69) is 4.98 Å². The molecule has 0 saturated carbocycles. The van der Waals surface area contributed by atoms with Crippen molar-refractivity contribution in [1.82, 2.24) is 4.98 Å². The number of halogens is 3. The minimum absolute atomic E-state index is 0.0105. The molecule has 0 aliphatic heterocycles. The molecule has 1 aromatic heterocycles. The van der Waals surface area contributed by atoms with E-state index in [1.807, 2.05) is 0 Å². The summed E-state index contributed by atoms with van der Waals surface area (Å²) in [4.78, 5) is 25.9. The molecule has 0 spiro atoms. The van der Waals surface area contributed by atoms with Crippen LogP contribution in [-0.4, -0.2) is 10.8 Å². The van der Waals surface area contributed by atoms with Gasteiger partial charge in [0.05, 0.1) is 11.1 Å². The van der Waals surface area contributed by atoms with Gasteiger partial charge >= 0.3 is 11.9 Å². The quantitative estimate of drug-likeness (QED) is 0.794. The number of fused-ring (bicyclic) bond motifs is 1. The molecular formula is C17H12F3NO3. The van der Waals surface area contributed by atoms with Crippen molar-refractivity contribution in [3.63, 3.8) is 0 Å². The van der Waals surface area contributed by atoms with Crippen LogP contribution in [0.1, 0.15) is 16.7 Å². The maximum atomic E-state index is 12.5. The zero-order valence-corrected chi connectivity index (χ0v) is 12.3. The molecule has 1 N–H and O–H groups in total. The number of hydrogen-bond donors (Lipinski definition) is 1. The number of carbonyl (C=O) groups is 1. The van der Waals surface area contributed by atoms with E-state index in [0.29, 0.717) is 22.2 Å². The second kappa shape index (κ2) is 5.99. The average Bonchev–Trinajstić information content (AvgIpc) is 2.88. The van der Waals surface area contributed by atoms with E-state index in [-0.39, 0.29) is 18.6 Å². The zero-order valence-electron chi connectivity index (χ0n) is 12.3. The van der Waals surface area contributed by atoms with Crippen LogP contribution in [-0.2, 0) is 23.8 Å². The van der Waals surface area contributed by atoms with Crippen LogP contribution in [0.25, 0.3) is 11.1 Å². The molecule has 3 rings (SSSR count). The first-order valence-electron chi connectivity index (χ1n) is 7.11. The summed E-state index contributed by atoms with van der Waals surface area (Å²) in [5.41, 5.74) is 1.18. The van der Waals surface area contributed by atoms with Crippen molar-refractivity contribution >= 4 is 16.9 Å². The lowest BCUT2D eigenvalue weighted by Crippen LogP contribution is -2.08. The van der Waals surface area contributed by atoms with Gasteiger partial charge in [-0.1, -0.05) is 24.3 Å². The summed E-state index contributed by atoms with van der Waals surface area (Å²) >= 11 is 0. The maximum Gasteiger partial charge on any atom is 0.417 e. The van der Waals surface area contributed by atoms with Gasteiger partial charge in [-0.2, -0.15) is 13.2 Å². The van der Waals surface area contributed by atoms with E-state index >= 15 is 0 Å². The number of H-pyrrole nitrogens is 1. The molecule has 0 bridgehead atoms. The third-order valence-corrected chi connectivity index (χ3v) is 3.61. The number of aromatic amines is 1. The summed E-state index contributed by atoms with van der Waals surface area (Å²) in [6, 6.07) is 9.46. The molecule has 1 heterocycles. The number of Topliss-reactive ketones (excluding diaryl/α,β-unsaturated/α-hetero) is 1. The van der Waals surface area contributed by atoms with E-state index < -0.39 is 17.5 Å². The van der Waals surface area contributed by atoms with Gasteiger partial charge < -0.3 is 4.42 Å². The molecule has 0 aliphatic rings. The summed E-state index contributed by atoms with van der Waals surface area (Å²) in [5, 5.41) is 0. The third kappa shape index (κ3) is 3.40. The lowest BCUT2D eigenvalue weighted by molar-refractivity contribution is -0.137. The van der Waals surface area contributed by atoms with E-state index in [0.717, 1.165) is 12.1 Å². The predicted molar refractivity (Wildman–Crippen MR) is 80.7 cm³/mol. The lowest BCUT2D eigenvalue weighted by atomic mass is 10.0. The summed E-state index contributed by atoms with van der Waals surface area (Å²) in [5.74, 6) is -0.781. The van der Waals surface area contributed by atoms with Crippen LogP contribution in [0.4, 0.5) is 13.2 Å². The molecule has 0 aliphatic carbocycles. The summed E-state index contributed by atoms with van der Waals surface area (Å²) in [6.07, 6.45) is -4.34. The van der Waals surface area contributed by atoms with Gasteiger partial charge in [-0.25, -0.2) is 4.79 Å². The number of benzene rings is 2. The van der Waals surface area contributed by atoms with Crippen molar-refractivity contribution in [3.8, 4) is 0 Å². The normalized spacial score (nSPS) is 11.8. The first-order valence-corrected chi connectivity index (χ1v) is 7.11. The Morgan fingerprint density at radius 2 is 1.75 bits per heavy atom. The molecule has 0 saturated heterocycles. The van der Waals surface area contributed by atoms with Crippen molar-refractivity contribution in [3.05, 3.63) is 69.7 Å². The minimum atomic E-state index is -4.40. The second-order valence-corrected chi connectivity index (χ2v) is 5.39. The zero-order chi connectivity index (χ0) is 17.3. The number of para-hydroxylation sites is 1. The number of hydrogen-bond acceptors (Lipinski definition) is 3. The average molecular weight is 335 g/mol. The Hall–Kier alpha value is -2.83. The fraction of sp³-hybridized carbons (Fsp3) is 0.176. The predicted octanol–water partition coefficient (Wildman–Crippen LogP) is 3.49. The molecule has 2 aromatic carbocycles. The number of oxazole rings is 1. The molecule has 0 radical (unpaired) electrons. The van der Waals surface area contributed by atoms with Gasteiger partial charge in [0, 0.05) is 12.8 Å². The van der Waals surface area contributed by atoms with Crippen molar-refractivity contribution in [2.24, 2.45) is 0 Å². The summed E-state index contributed by atoms with van der Waals surface area (Å²) in [6.45, 7) is 0. The van der Waals surface area contributed by atoms with E-state index in [9.17, 15) is 22.8 Å². The standard InChI is InChI=1S/C17H12F3NO3/c18-17(19,20)12-6-4-10(5-7-12)8-13(22)9-11-2-1-3-14-15(11)21-16(23)24-14/h1-7H,8-9H2,(H,21,23). The number of rotatable bonds is 4. The molecule has 3 aromatic rings. The van der Waals surface area contributed by atoms with Crippen LogP contribution in [0.3, 0.4) is 0 Å². The van der Waals surface area contributed by atoms with Crippen molar-refractivity contribution in [1.29, 1.82) is 0 Å². The highest BCUT2D eigenvalue weighted by Crippen LogP contribution is 2.29. The van der Waals surface area contributed by atoms with Crippen molar-refractivity contribution in [2.45, 2.75) is 19.0 Å². The Balaban J connectivity index is 1.74. The van der Waals surface area contributed by atoms with Gasteiger partial charge in [0.2, 0.25) is 0 Å². The molecule has 0 atom stereocenters. The molecule has 7 heteroatoms. The van der Waals surface area contributed by atoms with Crippen LogP contribution < -0.4 is 5.76 Å². The number of alkyl halides is 3. The van der Waals surface area contributed by atoms with Gasteiger partial charge in [0.25, 0.3) is 0 Å². The minimum Gasteiger partial charge on any atom is -0.408 e. The summed E-state index contributed by atoms with van der Waals surface area (Å²) < 4.78 is 42.5. The number of nitrogens with one attached hydrogen (secondary N) is 1. The van der Waals surface area contributed by atoms with Crippen molar-refractivity contribution < 1.29 is 22.4 Å². The Labute approximate surface area is 133 Å². The molecule has 124 valence electrons. The van der Waals surface area contributed by atoms with Gasteiger partial charge in [-0.3, -0.25) is 9.78 Å². The van der Waals surface area contributed by atoms with Gasteiger partial charge in [0.15, 0.2) is 5.58 Å². The van der Waals surface area contributed by atoms with Crippen LogP contribution in [0.2, 0.25) is 0 Å². The van der Waals surface area contributed by atoms with Crippen LogP contribution in [0, 0.1) is 0 Å². The van der Waals surface area contributed by atoms with E-state index in [4.69, 9.17) is 4.42 Å². The van der Waals surface area contributed by atoms with Gasteiger partial charge in [-0.05, 0) is 29.3 Å². The molecular weight excluding hydrogens is 323 g/mol. The highest BCUT2D eigenvalue weighted by atomic mass is 19.4. The lowest BCUT2D eigenvalue weighted by Gasteiger charge is -2.07. The molecule has 0 unspecified atom stereocenters. The smallest absolute Gasteiger partial charge is 0.408 e. The highest BCUT2D eigenvalue weighted by Gasteiger charge is 2.29. The number of carbonyl (C=O) groups excluding carboxylic acids is 1. The van der Waals surface area contributed by atoms with Crippen LogP contribution in [0.15, 0.2) is 51.7 Å². The highest BCUT2D eigenvalue weighted by molar-refractivity contribution is 5.87. The third-order valence-electron chi connectivity index (χ3n) is 3.61. The number of aromatic nitrogens is 1. The van der Waals surface area contributed by atoms with Gasteiger partial charge in [-0.15, -0.1) is 0 Å². The molecule has 24 heavy (non-hydrogen) atoms. The Morgan fingerprint density at radius 1 is 1.04 bits per heavy atom. The molecule has 0 amide bonds. The fourth-order valence-electron chi connectivity index (χ4n) is 2.49. The van der Waals surface area contributed by atoms with Crippen LogP contribution in [0.5, 0.6) is 0 Å². The van der Waals surface area contributed by atoms with Crippen molar-refractivity contribution in [2.75, 3.05) is 0 Å². The Kier molecular flexibility index (Phi) is 4.01. The first-order chi connectivity index (χ1) is 11.3. The number of ketones is 1. The Morgan fingerprint density at radius 3 is 2.42 bits per heavy atom. The summed E-state index contributed by atoms with van der Waals surface area (Å²) in [7, 11) is 0.